The van der Waals surface area contributed by atoms with Gasteiger partial charge < -0.3 is 19.3 Å². The lowest BCUT2D eigenvalue weighted by Gasteiger charge is -2.35. The highest BCUT2D eigenvalue weighted by atomic mass is 19.4. The lowest BCUT2D eigenvalue weighted by atomic mass is 10.0. The molecule has 2 saturated heterocycles. The quantitative estimate of drug-likeness (QED) is 0.774. The fourth-order valence-corrected chi connectivity index (χ4v) is 3.78. The van der Waals surface area contributed by atoms with Gasteiger partial charge in [-0.1, -0.05) is 0 Å². The van der Waals surface area contributed by atoms with Crippen LogP contribution in [0.2, 0.25) is 0 Å². The van der Waals surface area contributed by atoms with E-state index in [1.165, 1.54) is 19.2 Å². The number of carbonyl (C=O) groups excluding carboxylic acids is 2. The van der Waals surface area contributed by atoms with Crippen molar-refractivity contribution in [3.05, 3.63) is 29.6 Å². The van der Waals surface area contributed by atoms with Crippen molar-refractivity contribution < 1.29 is 32.2 Å². The van der Waals surface area contributed by atoms with Gasteiger partial charge in [0.25, 0.3) is 5.91 Å². The van der Waals surface area contributed by atoms with Crippen LogP contribution in [0.4, 0.5) is 18.0 Å². The van der Waals surface area contributed by atoms with E-state index in [1.54, 1.807) is 9.80 Å². The number of hydrogen-bond acceptors (Lipinski definition) is 5. The summed E-state index contributed by atoms with van der Waals surface area (Å²) in [7, 11) is 1.27. The third-order valence-corrected chi connectivity index (χ3v) is 5.26. The highest BCUT2D eigenvalue weighted by Gasteiger charge is 2.36. The molecule has 2 aromatic rings. The van der Waals surface area contributed by atoms with Crippen LogP contribution in [0.3, 0.4) is 0 Å². The average molecular weight is 412 g/mol. The number of likely N-dealkylation sites (tertiary alicyclic amines) is 1. The molecule has 0 bridgehead atoms. The number of fused-ring (bicyclic) bond motifs is 1. The first kappa shape index (κ1) is 19.3. The van der Waals surface area contributed by atoms with Crippen molar-refractivity contribution in [3.8, 4) is 5.75 Å². The summed E-state index contributed by atoms with van der Waals surface area (Å²) in [5, 5.41) is 3.90. The standard InChI is InChI=1S/C18H19F3N4O4/c1-28-13-8-12-9-14(22-25(12)15(10-13)18(19,20)21)16(26)23-4-2-11(3-5-23)24-6-7-29-17(24)27/h8-11H,2-7H2,1H3. The molecule has 0 saturated carbocycles. The van der Waals surface area contributed by atoms with Crippen molar-refractivity contribution in [2.24, 2.45) is 0 Å². The van der Waals surface area contributed by atoms with Crippen molar-refractivity contribution in [3.63, 3.8) is 0 Å². The number of methoxy groups -OCH3 is 1. The molecule has 2 aliphatic heterocycles. The molecule has 4 heterocycles. The topological polar surface area (TPSA) is 76.4 Å². The SMILES string of the molecule is COc1cc(C(F)(F)F)n2nc(C(=O)N3CCC(N4CCOC4=O)CC3)cc2c1. The van der Waals surface area contributed by atoms with Crippen LogP contribution in [-0.2, 0) is 10.9 Å². The molecule has 11 heteroatoms. The Hall–Kier alpha value is -2.98. The first-order valence-electron chi connectivity index (χ1n) is 9.15. The predicted molar refractivity (Wildman–Crippen MR) is 93.7 cm³/mol. The predicted octanol–water partition coefficient (Wildman–Crippen LogP) is 2.42. The maximum Gasteiger partial charge on any atom is 0.433 e. The number of hydrogen-bond donors (Lipinski definition) is 0. The number of cyclic esters (lactones) is 1. The molecule has 0 unspecified atom stereocenters. The van der Waals surface area contributed by atoms with Crippen LogP contribution in [-0.4, -0.2) is 70.8 Å². The second kappa shape index (κ2) is 7.12. The van der Waals surface area contributed by atoms with Crippen molar-refractivity contribution in [2.45, 2.75) is 25.1 Å². The van der Waals surface area contributed by atoms with Gasteiger partial charge in [0.05, 0.1) is 19.2 Å². The van der Waals surface area contributed by atoms with Gasteiger partial charge in [0.2, 0.25) is 0 Å². The summed E-state index contributed by atoms with van der Waals surface area (Å²) in [5.41, 5.74) is -0.963. The smallest absolute Gasteiger partial charge is 0.433 e. The van der Waals surface area contributed by atoms with E-state index in [1.807, 2.05) is 0 Å². The fourth-order valence-electron chi connectivity index (χ4n) is 3.78. The van der Waals surface area contributed by atoms with E-state index in [-0.39, 0.29) is 29.1 Å². The molecular formula is C18H19F3N4O4. The van der Waals surface area contributed by atoms with Crippen molar-refractivity contribution >= 4 is 17.5 Å². The molecule has 0 aromatic carbocycles. The second-order valence-electron chi connectivity index (χ2n) is 6.98. The zero-order valence-corrected chi connectivity index (χ0v) is 15.6. The van der Waals surface area contributed by atoms with E-state index >= 15 is 0 Å². The number of alkyl halides is 3. The average Bonchev–Trinajstić information content (AvgIpc) is 3.31. The number of amides is 2. The Labute approximate surface area is 163 Å². The molecule has 2 aliphatic rings. The van der Waals surface area contributed by atoms with Gasteiger partial charge in [0.15, 0.2) is 5.69 Å². The van der Waals surface area contributed by atoms with Gasteiger partial charge >= 0.3 is 12.3 Å². The Kier molecular flexibility index (Phi) is 4.75. The van der Waals surface area contributed by atoms with Crippen LogP contribution in [0.15, 0.2) is 18.2 Å². The largest absolute Gasteiger partial charge is 0.497 e. The number of carbonyl (C=O) groups is 2. The number of nitrogens with zero attached hydrogens (tertiary/aromatic N) is 4. The fraction of sp³-hybridized carbons (Fsp3) is 0.500. The lowest BCUT2D eigenvalue weighted by Crippen LogP contribution is -2.47. The second-order valence-corrected chi connectivity index (χ2v) is 6.98. The normalized spacial score (nSPS) is 18.4. The van der Waals surface area contributed by atoms with Crippen LogP contribution in [0.1, 0.15) is 29.0 Å². The molecule has 2 amide bonds. The lowest BCUT2D eigenvalue weighted by molar-refractivity contribution is -0.142. The summed E-state index contributed by atoms with van der Waals surface area (Å²) in [4.78, 5) is 27.7. The Balaban J connectivity index is 1.54. The molecule has 0 aliphatic carbocycles. The summed E-state index contributed by atoms with van der Waals surface area (Å²) in [5.74, 6) is -0.412. The number of ether oxygens (including phenoxy) is 2. The first-order valence-corrected chi connectivity index (χ1v) is 9.15. The van der Waals surface area contributed by atoms with E-state index in [0.29, 0.717) is 43.6 Å². The number of piperidine rings is 1. The molecule has 0 radical (unpaired) electrons. The van der Waals surface area contributed by atoms with Gasteiger partial charge in [-0.05, 0) is 18.9 Å². The number of aromatic nitrogens is 2. The molecule has 4 rings (SSSR count). The Morgan fingerprint density at radius 2 is 1.93 bits per heavy atom. The molecule has 8 nitrogen and oxygen atoms in total. The van der Waals surface area contributed by atoms with Crippen LogP contribution in [0.5, 0.6) is 5.75 Å². The minimum absolute atomic E-state index is 0.00351. The molecule has 2 fully saturated rings. The van der Waals surface area contributed by atoms with Gasteiger partial charge in [0, 0.05) is 31.3 Å². The highest BCUT2D eigenvalue weighted by Crippen LogP contribution is 2.33. The van der Waals surface area contributed by atoms with Gasteiger partial charge in [-0.2, -0.15) is 18.3 Å². The number of halogens is 3. The Bertz CT molecular complexity index is 950. The number of pyridine rings is 1. The van der Waals surface area contributed by atoms with Crippen LogP contribution >= 0.6 is 0 Å². The third kappa shape index (κ3) is 3.56. The highest BCUT2D eigenvalue weighted by molar-refractivity contribution is 5.93. The maximum atomic E-state index is 13.4. The van der Waals surface area contributed by atoms with Crippen molar-refractivity contribution in [2.75, 3.05) is 33.4 Å². The monoisotopic (exact) mass is 412 g/mol. The zero-order valence-electron chi connectivity index (χ0n) is 15.6. The molecule has 0 atom stereocenters. The summed E-state index contributed by atoms with van der Waals surface area (Å²) < 4.78 is 50.7. The molecular weight excluding hydrogens is 393 g/mol. The van der Waals surface area contributed by atoms with Gasteiger partial charge in [-0.3, -0.25) is 4.79 Å². The van der Waals surface area contributed by atoms with E-state index in [9.17, 15) is 22.8 Å². The van der Waals surface area contributed by atoms with E-state index in [2.05, 4.69) is 5.10 Å². The molecule has 2 aromatic heterocycles. The summed E-state index contributed by atoms with van der Waals surface area (Å²) in [6.45, 7) is 1.67. The molecule has 0 N–H and O–H groups in total. The Morgan fingerprint density at radius 1 is 1.21 bits per heavy atom. The molecule has 0 spiro atoms. The van der Waals surface area contributed by atoms with Crippen LogP contribution in [0.25, 0.3) is 5.52 Å². The van der Waals surface area contributed by atoms with Gasteiger partial charge in [-0.25, -0.2) is 9.31 Å². The van der Waals surface area contributed by atoms with Gasteiger partial charge in [0.1, 0.15) is 18.1 Å². The zero-order chi connectivity index (χ0) is 20.8. The molecule has 156 valence electrons. The van der Waals surface area contributed by atoms with Crippen LogP contribution < -0.4 is 4.74 Å². The maximum absolute atomic E-state index is 13.4. The third-order valence-electron chi connectivity index (χ3n) is 5.26. The minimum atomic E-state index is -4.65. The van der Waals surface area contributed by atoms with Crippen molar-refractivity contribution in [1.29, 1.82) is 0 Å². The first-order chi connectivity index (χ1) is 13.8. The minimum Gasteiger partial charge on any atom is -0.497 e. The van der Waals surface area contributed by atoms with Crippen molar-refractivity contribution in [1.82, 2.24) is 19.4 Å². The Morgan fingerprint density at radius 3 is 2.52 bits per heavy atom. The van der Waals surface area contributed by atoms with Crippen LogP contribution in [0, 0.1) is 0 Å². The summed E-state index contributed by atoms with van der Waals surface area (Å²) in [6.07, 6.45) is -3.84. The van der Waals surface area contributed by atoms with E-state index in [0.717, 1.165) is 6.07 Å². The summed E-state index contributed by atoms with van der Waals surface area (Å²) >= 11 is 0. The van der Waals surface area contributed by atoms with E-state index < -0.39 is 17.8 Å². The summed E-state index contributed by atoms with van der Waals surface area (Å²) in [6, 6.07) is 3.56. The van der Waals surface area contributed by atoms with E-state index in [4.69, 9.17) is 9.47 Å². The van der Waals surface area contributed by atoms with Gasteiger partial charge in [-0.15, -0.1) is 0 Å². The molecule has 29 heavy (non-hydrogen) atoms. The number of rotatable bonds is 3.